The highest BCUT2D eigenvalue weighted by Crippen LogP contribution is 2.16. The number of pyridine rings is 1. The van der Waals surface area contributed by atoms with Gasteiger partial charge in [-0.1, -0.05) is 6.07 Å². The number of carbonyl (C=O) groups is 2. The van der Waals surface area contributed by atoms with Crippen LogP contribution in [-0.2, 0) is 11.2 Å². The van der Waals surface area contributed by atoms with Crippen LogP contribution in [0.3, 0.4) is 0 Å². The van der Waals surface area contributed by atoms with Crippen LogP contribution in [0.5, 0.6) is 0 Å². The van der Waals surface area contributed by atoms with Crippen molar-refractivity contribution in [1.82, 2.24) is 9.99 Å². The molecule has 152 valence electrons. The van der Waals surface area contributed by atoms with Gasteiger partial charge in [-0.25, -0.2) is 9.59 Å². The SMILES string of the molecule is CN(C)n1cc(C(=O)O)c(=O)c2cc(CCCNC(=O)OC(C)(C)C)ccc21. The molecule has 0 saturated heterocycles. The van der Waals surface area contributed by atoms with Crippen molar-refractivity contribution in [3.8, 4) is 0 Å². The Bertz CT molecular complexity index is 941. The zero-order valence-electron chi connectivity index (χ0n) is 16.9. The maximum atomic E-state index is 12.6. The fourth-order valence-electron chi connectivity index (χ4n) is 2.80. The Morgan fingerprint density at radius 2 is 1.93 bits per heavy atom. The lowest BCUT2D eigenvalue weighted by atomic mass is 10.0. The maximum Gasteiger partial charge on any atom is 0.407 e. The summed E-state index contributed by atoms with van der Waals surface area (Å²) >= 11 is 0. The third-order valence-electron chi connectivity index (χ3n) is 4.02. The number of carbonyl (C=O) groups excluding carboxylic acids is 1. The zero-order chi connectivity index (χ0) is 21.1. The molecule has 8 heteroatoms. The van der Waals surface area contributed by atoms with Crippen molar-refractivity contribution in [2.75, 3.05) is 25.6 Å². The van der Waals surface area contributed by atoms with Crippen molar-refractivity contribution in [3.63, 3.8) is 0 Å². The van der Waals surface area contributed by atoms with E-state index in [0.717, 1.165) is 5.56 Å². The van der Waals surface area contributed by atoms with Crippen LogP contribution in [0, 0.1) is 0 Å². The Morgan fingerprint density at radius 3 is 2.50 bits per heavy atom. The predicted octanol–water partition coefficient (Wildman–Crippen LogP) is 2.35. The fraction of sp³-hybridized carbons (Fsp3) is 0.450. The van der Waals surface area contributed by atoms with Gasteiger partial charge in [-0.05, 0) is 51.3 Å². The molecule has 28 heavy (non-hydrogen) atoms. The number of amides is 1. The van der Waals surface area contributed by atoms with Gasteiger partial charge in [0.1, 0.15) is 11.2 Å². The van der Waals surface area contributed by atoms with Crippen LogP contribution in [0.15, 0.2) is 29.2 Å². The predicted molar refractivity (Wildman–Crippen MR) is 108 cm³/mol. The lowest BCUT2D eigenvalue weighted by molar-refractivity contribution is 0.0526. The topological polar surface area (TPSA) is 101 Å². The van der Waals surface area contributed by atoms with Crippen LogP contribution in [0.2, 0.25) is 0 Å². The summed E-state index contributed by atoms with van der Waals surface area (Å²) in [7, 11) is 3.54. The molecule has 8 nitrogen and oxygen atoms in total. The number of carboxylic acid groups (broad SMARTS) is 1. The molecule has 1 heterocycles. The molecule has 0 aliphatic rings. The van der Waals surface area contributed by atoms with E-state index in [9.17, 15) is 19.5 Å². The number of nitrogens with zero attached hydrogens (tertiary/aromatic N) is 2. The van der Waals surface area contributed by atoms with E-state index in [-0.39, 0.29) is 5.56 Å². The quantitative estimate of drug-likeness (QED) is 0.736. The van der Waals surface area contributed by atoms with Gasteiger partial charge in [0, 0.05) is 32.2 Å². The van der Waals surface area contributed by atoms with Gasteiger partial charge in [0.25, 0.3) is 0 Å². The zero-order valence-corrected chi connectivity index (χ0v) is 16.9. The molecular weight excluding hydrogens is 362 g/mol. The number of aromatic carboxylic acids is 1. The Balaban J connectivity index is 2.17. The molecule has 0 fully saturated rings. The number of alkyl carbamates (subject to hydrolysis) is 1. The Kier molecular flexibility index (Phi) is 6.33. The van der Waals surface area contributed by atoms with Gasteiger partial charge in [0.2, 0.25) is 5.43 Å². The van der Waals surface area contributed by atoms with Crippen molar-refractivity contribution in [2.45, 2.75) is 39.2 Å². The van der Waals surface area contributed by atoms with E-state index < -0.39 is 23.1 Å². The highest BCUT2D eigenvalue weighted by Gasteiger charge is 2.17. The molecule has 0 aliphatic carbocycles. The van der Waals surface area contributed by atoms with E-state index in [4.69, 9.17) is 4.74 Å². The first kappa shape index (κ1) is 21.3. The number of carboxylic acids is 1. The number of aromatic nitrogens is 1. The first-order valence-corrected chi connectivity index (χ1v) is 9.05. The van der Waals surface area contributed by atoms with Crippen LogP contribution in [0.1, 0.15) is 43.1 Å². The molecule has 0 spiro atoms. The highest BCUT2D eigenvalue weighted by atomic mass is 16.6. The Morgan fingerprint density at radius 1 is 1.25 bits per heavy atom. The second kappa shape index (κ2) is 8.33. The number of fused-ring (bicyclic) bond motifs is 1. The highest BCUT2D eigenvalue weighted by molar-refractivity contribution is 5.92. The monoisotopic (exact) mass is 389 g/mol. The molecule has 0 aliphatic heterocycles. The third kappa shape index (κ3) is 5.25. The minimum atomic E-state index is -1.26. The van der Waals surface area contributed by atoms with Gasteiger partial charge in [0.15, 0.2) is 0 Å². The Labute approximate surface area is 163 Å². The molecule has 0 saturated carbocycles. The van der Waals surface area contributed by atoms with Gasteiger partial charge in [-0.3, -0.25) is 9.47 Å². The summed E-state index contributed by atoms with van der Waals surface area (Å²) in [4.78, 5) is 35.6. The summed E-state index contributed by atoms with van der Waals surface area (Å²) in [5, 5.41) is 14.1. The smallest absolute Gasteiger partial charge is 0.407 e. The van der Waals surface area contributed by atoms with Crippen LogP contribution >= 0.6 is 0 Å². The van der Waals surface area contributed by atoms with Gasteiger partial charge >= 0.3 is 12.1 Å². The largest absolute Gasteiger partial charge is 0.477 e. The molecule has 2 aromatic rings. The number of rotatable bonds is 6. The normalized spacial score (nSPS) is 11.3. The van der Waals surface area contributed by atoms with Gasteiger partial charge in [0.05, 0.1) is 5.52 Å². The average molecular weight is 389 g/mol. The molecule has 2 N–H and O–H groups in total. The van der Waals surface area contributed by atoms with Crippen molar-refractivity contribution in [3.05, 3.63) is 45.7 Å². The molecule has 1 aromatic heterocycles. The number of aryl methyl sites for hydroxylation is 1. The number of hydrogen-bond donors (Lipinski definition) is 2. The summed E-state index contributed by atoms with van der Waals surface area (Å²) in [6, 6.07) is 5.42. The van der Waals surface area contributed by atoms with Crippen LogP contribution in [-0.4, -0.2) is 48.1 Å². The van der Waals surface area contributed by atoms with Gasteiger partial charge < -0.3 is 20.2 Å². The molecule has 0 unspecified atom stereocenters. The minimum absolute atomic E-state index is 0.273. The van der Waals surface area contributed by atoms with E-state index in [2.05, 4.69) is 5.32 Å². The summed E-state index contributed by atoms with van der Waals surface area (Å²) in [5.74, 6) is -1.26. The Hall–Kier alpha value is -3.03. The van der Waals surface area contributed by atoms with Gasteiger partial charge in [-0.15, -0.1) is 0 Å². The number of hydrogen-bond acceptors (Lipinski definition) is 5. The van der Waals surface area contributed by atoms with Crippen molar-refractivity contribution >= 4 is 23.0 Å². The van der Waals surface area contributed by atoms with Crippen molar-refractivity contribution < 1.29 is 19.4 Å². The van der Waals surface area contributed by atoms with Crippen LogP contribution < -0.4 is 15.8 Å². The van der Waals surface area contributed by atoms with E-state index >= 15 is 0 Å². The maximum absolute atomic E-state index is 12.6. The third-order valence-corrected chi connectivity index (χ3v) is 4.02. The summed E-state index contributed by atoms with van der Waals surface area (Å²) < 4.78 is 6.81. The standard InChI is InChI=1S/C20H27N3O5/c1-20(2,3)28-19(27)21-10-6-7-13-8-9-16-14(11-13)17(24)15(18(25)26)12-23(16)22(4)5/h8-9,11-12H,6-7,10H2,1-5H3,(H,21,27)(H,25,26). The van der Waals surface area contributed by atoms with E-state index in [0.29, 0.717) is 30.3 Å². The lowest BCUT2D eigenvalue weighted by Gasteiger charge is -2.20. The van der Waals surface area contributed by atoms with Crippen LogP contribution in [0.25, 0.3) is 10.9 Å². The second-order valence-electron chi connectivity index (χ2n) is 7.75. The molecular formula is C20H27N3O5. The number of nitrogens with one attached hydrogen (secondary N) is 1. The van der Waals surface area contributed by atoms with E-state index in [1.165, 1.54) is 6.20 Å². The summed E-state index contributed by atoms with van der Waals surface area (Å²) in [5.41, 5.74) is 0.203. The molecule has 0 atom stereocenters. The first-order chi connectivity index (χ1) is 13.0. The molecule has 0 radical (unpaired) electrons. The van der Waals surface area contributed by atoms with Gasteiger partial charge in [-0.2, -0.15) is 0 Å². The molecule has 1 amide bonds. The number of ether oxygens (including phenoxy) is 1. The molecule has 1 aromatic carbocycles. The average Bonchev–Trinajstić information content (AvgIpc) is 2.57. The lowest BCUT2D eigenvalue weighted by Crippen LogP contribution is -2.33. The van der Waals surface area contributed by atoms with E-state index in [1.54, 1.807) is 56.7 Å². The van der Waals surface area contributed by atoms with Crippen LogP contribution in [0.4, 0.5) is 4.79 Å². The minimum Gasteiger partial charge on any atom is -0.477 e. The summed E-state index contributed by atoms with van der Waals surface area (Å²) in [6.45, 7) is 5.83. The van der Waals surface area contributed by atoms with Crippen molar-refractivity contribution in [2.24, 2.45) is 0 Å². The second-order valence-corrected chi connectivity index (χ2v) is 7.75. The fourth-order valence-corrected chi connectivity index (χ4v) is 2.80. The number of benzene rings is 1. The van der Waals surface area contributed by atoms with Crippen molar-refractivity contribution in [1.29, 1.82) is 0 Å². The summed E-state index contributed by atoms with van der Waals surface area (Å²) in [6.07, 6.45) is 2.15. The van der Waals surface area contributed by atoms with E-state index in [1.807, 2.05) is 6.07 Å². The molecule has 2 rings (SSSR count). The molecule has 0 bridgehead atoms. The first-order valence-electron chi connectivity index (χ1n) is 9.05.